The first kappa shape index (κ1) is 16.4. The lowest BCUT2D eigenvalue weighted by Gasteiger charge is -2.38. The maximum atomic E-state index is 11.4. The van der Waals surface area contributed by atoms with Gasteiger partial charge in [0.25, 0.3) is 0 Å². The van der Waals surface area contributed by atoms with E-state index < -0.39 is 0 Å². The Morgan fingerprint density at radius 2 is 2.08 bits per heavy atom. The molecule has 4 heteroatoms. The third-order valence-corrected chi connectivity index (χ3v) is 4.74. The summed E-state index contributed by atoms with van der Waals surface area (Å²) < 4.78 is 0. The lowest BCUT2D eigenvalue weighted by atomic mass is 9.99. The van der Waals surface area contributed by atoms with Gasteiger partial charge in [-0.1, -0.05) is 30.3 Å². The van der Waals surface area contributed by atoms with Gasteiger partial charge in [0.15, 0.2) is 0 Å². The Labute approximate surface area is 143 Å². The van der Waals surface area contributed by atoms with Crippen LogP contribution in [-0.4, -0.2) is 42.0 Å². The van der Waals surface area contributed by atoms with Gasteiger partial charge in [0.1, 0.15) is 11.6 Å². The number of likely N-dealkylation sites (N-methyl/N-ethyl adjacent to an activating group) is 1. The summed E-state index contributed by atoms with van der Waals surface area (Å²) in [5.41, 5.74) is 3.05. The normalized spacial score (nSPS) is 17.8. The molecule has 1 saturated heterocycles. The van der Waals surface area contributed by atoms with Crippen molar-refractivity contribution in [3.05, 3.63) is 66.1 Å². The Kier molecular flexibility index (Phi) is 5.42. The SMILES string of the molecule is CN(CCc1ccccc1)C1CCN(c2cccnc2)C(=C=O)C1. The van der Waals surface area contributed by atoms with Crippen molar-refractivity contribution in [3.8, 4) is 0 Å². The molecule has 0 radical (unpaired) electrons. The molecule has 0 spiro atoms. The molecule has 1 aliphatic heterocycles. The number of nitrogens with zero attached hydrogens (tertiary/aromatic N) is 3. The van der Waals surface area contributed by atoms with Crippen molar-refractivity contribution >= 4 is 11.6 Å². The molecule has 1 unspecified atom stereocenters. The van der Waals surface area contributed by atoms with Crippen LogP contribution < -0.4 is 4.90 Å². The van der Waals surface area contributed by atoms with Crippen molar-refractivity contribution in [3.63, 3.8) is 0 Å². The van der Waals surface area contributed by atoms with Gasteiger partial charge < -0.3 is 9.80 Å². The molecule has 0 amide bonds. The molecule has 1 aliphatic rings. The van der Waals surface area contributed by atoms with Crippen LogP contribution >= 0.6 is 0 Å². The maximum absolute atomic E-state index is 11.4. The van der Waals surface area contributed by atoms with Gasteiger partial charge in [-0.25, -0.2) is 4.79 Å². The summed E-state index contributed by atoms with van der Waals surface area (Å²) in [5.74, 6) is 2.15. The second-order valence-corrected chi connectivity index (χ2v) is 6.27. The monoisotopic (exact) mass is 321 g/mol. The third-order valence-electron chi connectivity index (χ3n) is 4.74. The van der Waals surface area contributed by atoms with Crippen LogP contribution in [0.5, 0.6) is 0 Å². The van der Waals surface area contributed by atoms with Gasteiger partial charge in [-0.05, 0) is 37.6 Å². The van der Waals surface area contributed by atoms with Gasteiger partial charge in [0, 0.05) is 31.7 Å². The summed E-state index contributed by atoms with van der Waals surface area (Å²) in [6.45, 7) is 1.82. The average Bonchev–Trinajstić information content (AvgIpc) is 2.67. The Bertz CT molecular complexity index is 695. The highest BCUT2D eigenvalue weighted by Gasteiger charge is 2.27. The first-order chi connectivity index (χ1) is 11.8. The molecule has 2 aromatic rings. The van der Waals surface area contributed by atoms with Crippen molar-refractivity contribution in [2.45, 2.75) is 25.3 Å². The van der Waals surface area contributed by atoms with E-state index in [4.69, 9.17) is 0 Å². The van der Waals surface area contributed by atoms with E-state index in [-0.39, 0.29) is 0 Å². The Morgan fingerprint density at radius 3 is 2.79 bits per heavy atom. The van der Waals surface area contributed by atoms with Gasteiger partial charge in [0.05, 0.1) is 11.9 Å². The minimum absolute atomic E-state index is 0.387. The fraction of sp³-hybridized carbons (Fsp3) is 0.350. The van der Waals surface area contributed by atoms with Crippen molar-refractivity contribution in [2.75, 3.05) is 25.0 Å². The van der Waals surface area contributed by atoms with Crippen molar-refractivity contribution < 1.29 is 4.79 Å². The van der Waals surface area contributed by atoms with Crippen LogP contribution in [0.4, 0.5) is 5.69 Å². The molecule has 24 heavy (non-hydrogen) atoms. The topological polar surface area (TPSA) is 36.4 Å². The van der Waals surface area contributed by atoms with E-state index in [1.807, 2.05) is 23.1 Å². The highest BCUT2D eigenvalue weighted by molar-refractivity contribution is 5.64. The number of piperidine rings is 1. The Hall–Kier alpha value is -2.42. The fourth-order valence-electron chi connectivity index (χ4n) is 3.25. The van der Waals surface area contributed by atoms with Crippen LogP contribution in [0.25, 0.3) is 0 Å². The predicted molar refractivity (Wildman–Crippen MR) is 96.6 cm³/mol. The van der Waals surface area contributed by atoms with E-state index in [2.05, 4.69) is 47.1 Å². The zero-order valence-electron chi connectivity index (χ0n) is 14.1. The van der Waals surface area contributed by atoms with Crippen LogP contribution in [0.3, 0.4) is 0 Å². The molecule has 1 fully saturated rings. The van der Waals surface area contributed by atoms with Gasteiger partial charge in [-0.3, -0.25) is 4.98 Å². The number of aromatic nitrogens is 1. The van der Waals surface area contributed by atoms with Crippen LogP contribution in [-0.2, 0) is 11.2 Å². The summed E-state index contributed by atoms with van der Waals surface area (Å²) in [4.78, 5) is 20.0. The molecule has 0 N–H and O–H groups in total. The molecule has 0 bridgehead atoms. The fourth-order valence-corrected chi connectivity index (χ4v) is 3.25. The Morgan fingerprint density at radius 1 is 1.25 bits per heavy atom. The molecule has 1 aromatic heterocycles. The highest BCUT2D eigenvalue weighted by Crippen LogP contribution is 2.27. The van der Waals surface area contributed by atoms with E-state index in [1.165, 1.54) is 5.56 Å². The van der Waals surface area contributed by atoms with Gasteiger partial charge in [0.2, 0.25) is 0 Å². The molecule has 0 aliphatic carbocycles. The van der Waals surface area contributed by atoms with Crippen molar-refractivity contribution in [1.82, 2.24) is 9.88 Å². The van der Waals surface area contributed by atoms with E-state index in [1.54, 1.807) is 12.4 Å². The molecule has 0 saturated carbocycles. The van der Waals surface area contributed by atoms with E-state index in [9.17, 15) is 4.79 Å². The van der Waals surface area contributed by atoms with E-state index in [0.29, 0.717) is 6.04 Å². The molecule has 1 atom stereocenters. The Balaban J connectivity index is 1.60. The predicted octanol–water partition coefficient (Wildman–Crippen LogP) is 2.94. The number of pyridine rings is 1. The molecular formula is C20H23N3O. The minimum Gasteiger partial charge on any atom is -0.334 e. The first-order valence-corrected chi connectivity index (χ1v) is 8.43. The summed E-state index contributed by atoms with van der Waals surface area (Å²) in [7, 11) is 2.15. The lowest BCUT2D eigenvalue weighted by molar-refractivity contribution is 0.222. The van der Waals surface area contributed by atoms with E-state index >= 15 is 0 Å². The van der Waals surface area contributed by atoms with Gasteiger partial charge in [-0.2, -0.15) is 0 Å². The number of hydrogen-bond acceptors (Lipinski definition) is 4. The molecule has 2 heterocycles. The minimum atomic E-state index is 0.387. The van der Waals surface area contributed by atoms with Gasteiger partial charge in [-0.15, -0.1) is 0 Å². The largest absolute Gasteiger partial charge is 0.334 e. The number of rotatable bonds is 5. The van der Waals surface area contributed by atoms with Crippen LogP contribution in [0.15, 0.2) is 60.6 Å². The summed E-state index contributed by atoms with van der Waals surface area (Å²) >= 11 is 0. The van der Waals surface area contributed by atoms with Crippen LogP contribution in [0.1, 0.15) is 18.4 Å². The number of benzene rings is 1. The van der Waals surface area contributed by atoms with Crippen molar-refractivity contribution in [2.24, 2.45) is 0 Å². The number of anilines is 1. The summed E-state index contributed by atoms with van der Waals surface area (Å²) in [6, 6.07) is 14.8. The quantitative estimate of drug-likeness (QED) is 0.794. The van der Waals surface area contributed by atoms with Crippen molar-refractivity contribution in [1.29, 1.82) is 0 Å². The second kappa shape index (κ2) is 7.91. The zero-order chi connectivity index (χ0) is 16.8. The number of hydrogen-bond donors (Lipinski definition) is 0. The summed E-state index contributed by atoms with van der Waals surface area (Å²) in [5, 5.41) is 0. The smallest absolute Gasteiger partial charge is 0.146 e. The van der Waals surface area contributed by atoms with Crippen LogP contribution in [0, 0.1) is 0 Å². The maximum Gasteiger partial charge on any atom is 0.146 e. The third kappa shape index (κ3) is 3.91. The molecule has 4 nitrogen and oxygen atoms in total. The first-order valence-electron chi connectivity index (χ1n) is 8.43. The average molecular weight is 321 g/mol. The highest BCUT2D eigenvalue weighted by atomic mass is 16.1. The lowest BCUT2D eigenvalue weighted by Crippen LogP contribution is -2.43. The molecular weight excluding hydrogens is 298 g/mol. The van der Waals surface area contributed by atoms with Crippen LogP contribution in [0.2, 0.25) is 0 Å². The van der Waals surface area contributed by atoms with Gasteiger partial charge >= 0.3 is 0 Å². The van der Waals surface area contributed by atoms with E-state index in [0.717, 1.165) is 43.7 Å². The molecule has 124 valence electrons. The number of carbonyl (C=O) groups excluding carboxylic acids is 1. The molecule has 1 aromatic carbocycles. The zero-order valence-corrected chi connectivity index (χ0v) is 14.1. The molecule has 3 rings (SSSR count). The second-order valence-electron chi connectivity index (χ2n) is 6.27. The standard InChI is InChI=1S/C20H23N3O/c1-22(12-9-17-6-3-2-4-7-17)18-10-13-23(20(14-18)16-24)19-8-5-11-21-15-19/h2-8,11,15,18H,9-10,12-14H2,1H3. The summed E-state index contributed by atoms with van der Waals surface area (Å²) in [6.07, 6.45) is 6.35.